The molecule has 6 rings (SSSR count). The molecule has 5 aliphatic carbocycles. The van der Waals surface area contributed by atoms with Crippen molar-refractivity contribution in [3.05, 3.63) is 72.4 Å². The highest BCUT2D eigenvalue weighted by Gasteiger charge is 2.66. The van der Waals surface area contributed by atoms with Crippen LogP contribution in [0.25, 0.3) is 0 Å². The summed E-state index contributed by atoms with van der Waals surface area (Å²) in [6.45, 7) is 20.6. The first-order chi connectivity index (χ1) is 21.3. The molecule has 12 atom stereocenters. The highest BCUT2D eigenvalue weighted by molar-refractivity contribution is 6.82. The molecule has 1 aliphatic heterocycles. The van der Waals surface area contributed by atoms with Crippen LogP contribution in [-0.2, 0) is 4.74 Å². The molecular formula is C41H65NOSi2. The van der Waals surface area contributed by atoms with E-state index in [1.807, 2.05) is 0 Å². The quantitative estimate of drug-likeness (QED) is 0.164. The Kier molecular flexibility index (Phi) is 9.74. The average Bonchev–Trinajstić information content (AvgIpc) is 3.60. The molecule has 2 nitrogen and oxygen atoms in total. The predicted molar refractivity (Wildman–Crippen MR) is 200 cm³/mol. The Morgan fingerprint density at radius 1 is 0.800 bits per heavy atom. The van der Waals surface area contributed by atoms with Gasteiger partial charge < -0.3 is 4.74 Å². The smallest absolute Gasteiger partial charge is 0.0598 e. The monoisotopic (exact) mass is 643 g/mol. The summed E-state index contributed by atoms with van der Waals surface area (Å²) in [5, 5.41) is 0. The zero-order valence-corrected chi connectivity index (χ0v) is 32.2. The van der Waals surface area contributed by atoms with Gasteiger partial charge in [-0.25, -0.2) is 0 Å². The standard InChI is InChI=1S/C41H65NOSi2/c1-29-22-23-36-35(26-29)38-39(42(36)5)33-20-14-15-21-34(33)40(38)45(9,25-17-11-10-16-24-43-41(2,3)4)37-27-30(28-44(6,7)8)31-18-12-13-19-32(31)37/h12-15,18-23,26,30-40H,10-11,16-17,24-25,27-28H2,1-9H3. The lowest BCUT2D eigenvalue weighted by molar-refractivity contribution is -0.00471. The van der Waals surface area contributed by atoms with Gasteiger partial charge in [-0.3, -0.25) is 4.90 Å². The maximum absolute atomic E-state index is 6.09. The van der Waals surface area contributed by atoms with Crippen LogP contribution in [0.3, 0.4) is 0 Å². The molecule has 0 spiro atoms. The molecule has 0 aromatic rings. The van der Waals surface area contributed by atoms with Crippen molar-refractivity contribution in [1.29, 1.82) is 0 Å². The lowest BCUT2D eigenvalue weighted by Gasteiger charge is -2.48. The second kappa shape index (κ2) is 13.0. The average molecular weight is 644 g/mol. The molecule has 0 radical (unpaired) electrons. The Balaban J connectivity index is 1.34. The van der Waals surface area contributed by atoms with Gasteiger partial charge in [0.05, 0.1) is 13.7 Å². The number of ether oxygens (including phenoxy) is 1. The minimum atomic E-state index is -1.80. The van der Waals surface area contributed by atoms with E-state index in [2.05, 4.69) is 133 Å². The fourth-order valence-electron chi connectivity index (χ4n) is 11.5. The predicted octanol–water partition coefficient (Wildman–Crippen LogP) is 10.7. The minimum absolute atomic E-state index is 0.0240. The molecular weight excluding hydrogens is 579 g/mol. The van der Waals surface area contributed by atoms with Crippen LogP contribution in [0.15, 0.2) is 72.4 Å². The van der Waals surface area contributed by atoms with Crippen molar-refractivity contribution >= 4 is 16.1 Å². The molecule has 45 heavy (non-hydrogen) atoms. The Morgan fingerprint density at radius 3 is 2.13 bits per heavy atom. The van der Waals surface area contributed by atoms with Crippen molar-refractivity contribution < 1.29 is 4.74 Å². The first kappa shape index (κ1) is 33.7. The summed E-state index contributed by atoms with van der Waals surface area (Å²) in [4.78, 5) is 2.83. The minimum Gasteiger partial charge on any atom is -0.376 e. The van der Waals surface area contributed by atoms with Crippen LogP contribution in [0.5, 0.6) is 0 Å². The van der Waals surface area contributed by atoms with E-state index in [9.17, 15) is 0 Å². The van der Waals surface area contributed by atoms with Crippen molar-refractivity contribution in [2.75, 3.05) is 13.7 Å². The van der Waals surface area contributed by atoms with E-state index in [0.717, 1.165) is 41.4 Å². The molecule has 0 aromatic heterocycles. The number of fused-ring (bicyclic) bond motifs is 6. The number of allylic oxidation sites excluding steroid dienone is 9. The highest BCUT2D eigenvalue weighted by atomic mass is 28.3. The third kappa shape index (κ3) is 6.74. The van der Waals surface area contributed by atoms with E-state index in [1.165, 1.54) is 49.8 Å². The molecule has 6 aliphatic rings. The van der Waals surface area contributed by atoms with E-state index >= 15 is 0 Å². The van der Waals surface area contributed by atoms with E-state index in [4.69, 9.17) is 4.74 Å². The lowest BCUT2D eigenvalue weighted by atomic mass is 9.83. The summed E-state index contributed by atoms with van der Waals surface area (Å²) >= 11 is 0. The summed E-state index contributed by atoms with van der Waals surface area (Å²) < 4.78 is 6.09. The van der Waals surface area contributed by atoms with E-state index < -0.39 is 16.1 Å². The molecule has 4 heteroatoms. The van der Waals surface area contributed by atoms with Gasteiger partial charge in [0.15, 0.2) is 0 Å². The van der Waals surface area contributed by atoms with Crippen LogP contribution in [-0.4, -0.2) is 52.4 Å². The summed E-state index contributed by atoms with van der Waals surface area (Å²) in [5.74, 6) is 5.22. The first-order valence-corrected chi connectivity index (χ1v) is 25.3. The Morgan fingerprint density at radius 2 is 1.44 bits per heavy atom. The fraction of sp³-hybridized carbons (Fsp3) is 0.707. The first-order valence-electron chi connectivity index (χ1n) is 18.7. The number of hydrogen-bond acceptors (Lipinski definition) is 2. The summed E-state index contributed by atoms with van der Waals surface area (Å²) in [7, 11) is -0.490. The van der Waals surface area contributed by atoms with Gasteiger partial charge in [0.2, 0.25) is 0 Å². The molecule has 3 fully saturated rings. The van der Waals surface area contributed by atoms with Gasteiger partial charge >= 0.3 is 0 Å². The van der Waals surface area contributed by atoms with Crippen LogP contribution >= 0.6 is 0 Å². The fourth-order valence-corrected chi connectivity index (χ4v) is 20.3. The molecule has 12 unspecified atom stereocenters. The number of unbranched alkanes of at least 4 members (excludes halogenated alkanes) is 3. The van der Waals surface area contributed by atoms with Gasteiger partial charge in [-0.2, -0.15) is 0 Å². The zero-order valence-electron chi connectivity index (χ0n) is 30.2. The highest BCUT2D eigenvalue weighted by Crippen LogP contribution is 2.68. The SMILES string of the molecule is CC1=CC2C3C(C4C=CC=CC4C3[Si](C)(CCCCCCOC(C)(C)C)C3CC(C[Si](C)(C)C)C4C=CC=CC43)N(C)C2C=C1. The Bertz CT molecular complexity index is 1240. The molecule has 248 valence electrons. The normalized spacial score (nSPS) is 39.8. The van der Waals surface area contributed by atoms with E-state index in [0.29, 0.717) is 29.8 Å². The molecule has 2 saturated carbocycles. The van der Waals surface area contributed by atoms with E-state index in [-0.39, 0.29) is 5.60 Å². The number of likely N-dealkylation sites (N-methyl/N-ethyl adjacent to an activating group) is 1. The zero-order chi connectivity index (χ0) is 32.1. The maximum Gasteiger partial charge on any atom is 0.0598 e. The summed E-state index contributed by atoms with van der Waals surface area (Å²) in [6, 6.07) is 4.24. The molecule has 0 aromatic carbocycles. The van der Waals surface area contributed by atoms with E-state index in [1.54, 1.807) is 0 Å². The summed E-state index contributed by atoms with van der Waals surface area (Å²) in [6.07, 6.45) is 34.8. The second-order valence-corrected chi connectivity index (χ2v) is 28.9. The van der Waals surface area contributed by atoms with Crippen LogP contribution < -0.4 is 0 Å². The number of likely N-dealkylation sites (tertiary alicyclic amines) is 1. The van der Waals surface area contributed by atoms with Gasteiger partial charge in [-0.15, -0.1) is 0 Å². The number of hydrogen-bond donors (Lipinski definition) is 0. The Labute approximate surface area is 279 Å². The number of rotatable bonds is 11. The molecule has 0 amide bonds. The lowest BCUT2D eigenvalue weighted by Crippen LogP contribution is -2.48. The number of nitrogens with zero attached hydrogens (tertiary/aromatic N) is 1. The van der Waals surface area contributed by atoms with Crippen molar-refractivity contribution in [2.45, 2.75) is 127 Å². The van der Waals surface area contributed by atoms with Crippen LogP contribution in [0.4, 0.5) is 0 Å². The van der Waals surface area contributed by atoms with Crippen LogP contribution in [0, 0.1) is 41.4 Å². The van der Waals surface area contributed by atoms with Gasteiger partial charge in [-0.1, -0.05) is 130 Å². The van der Waals surface area contributed by atoms with Crippen molar-refractivity contribution in [2.24, 2.45) is 41.4 Å². The largest absolute Gasteiger partial charge is 0.376 e. The third-order valence-corrected chi connectivity index (χ3v) is 20.8. The van der Waals surface area contributed by atoms with Crippen LogP contribution in [0.2, 0.25) is 49.4 Å². The van der Waals surface area contributed by atoms with Gasteiger partial charge in [0, 0.05) is 32.7 Å². The molecule has 0 bridgehead atoms. The van der Waals surface area contributed by atoms with Crippen LogP contribution in [0.1, 0.15) is 59.8 Å². The van der Waals surface area contributed by atoms with Gasteiger partial charge in [0.1, 0.15) is 0 Å². The van der Waals surface area contributed by atoms with Crippen molar-refractivity contribution in [3.8, 4) is 0 Å². The van der Waals surface area contributed by atoms with Crippen molar-refractivity contribution in [3.63, 3.8) is 0 Å². The second-order valence-electron chi connectivity index (χ2n) is 18.4. The summed E-state index contributed by atoms with van der Waals surface area (Å²) in [5.41, 5.74) is 3.21. The topological polar surface area (TPSA) is 12.5 Å². The molecule has 1 saturated heterocycles. The Hall–Kier alpha value is -1.21. The molecule has 1 heterocycles. The maximum atomic E-state index is 6.09. The molecule has 0 N–H and O–H groups in total. The van der Waals surface area contributed by atoms with Gasteiger partial charge in [-0.05, 0) is 94.2 Å². The van der Waals surface area contributed by atoms with Crippen molar-refractivity contribution in [1.82, 2.24) is 4.90 Å². The van der Waals surface area contributed by atoms with Gasteiger partial charge in [0.25, 0.3) is 0 Å². The third-order valence-electron chi connectivity index (χ3n) is 13.0.